The quantitative estimate of drug-likeness (QED) is 0.697. The Morgan fingerprint density at radius 2 is 2.00 bits per heavy atom. The van der Waals surface area contributed by atoms with Crippen LogP contribution in [-0.2, 0) is 0 Å². The average molecular weight is 209 g/mol. The summed E-state index contributed by atoms with van der Waals surface area (Å²) in [6.45, 7) is 4.76. The smallest absolute Gasteiger partial charge is 0.123 e. The highest BCUT2D eigenvalue weighted by Gasteiger charge is 1.95. The molecule has 0 saturated carbocycles. The van der Waals surface area contributed by atoms with Crippen LogP contribution in [0.5, 0.6) is 11.5 Å². The van der Waals surface area contributed by atoms with E-state index >= 15 is 0 Å². The molecule has 1 aromatic rings. The van der Waals surface area contributed by atoms with E-state index in [1.165, 1.54) is 0 Å². The maximum atomic E-state index is 5.55. The first-order chi connectivity index (χ1) is 7.36. The summed E-state index contributed by atoms with van der Waals surface area (Å²) in [6, 6.07) is 7.65. The molecule has 3 heteroatoms. The fourth-order valence-corrected chi connectivity index (χ4v) is 1.23. The third-order valence-electron chi connectivity index (χ3n) is 2.02. The van der Waals surface area contributed by atoms with Crippen LogP contribution in [0.25, 0.3) is 0 Å². The summed E-state index contributed by atoms with van der Waals surface area (Å²) in [7, 11) is 1.65. The number of ether oxygens (including phenoxy) is 2. The second-order valence-electron chi connectivity index (χ2n) is 3.28. The number of hydrogen-bond acceptors (Lipinski definition) is 3. The van der Waals surface area contributed by atoms with Crippen molar-refractivity contribution in [2.75, 3.05) is 26.8 Å². The zero-order valence-electron chi connectivity index (χ0n) is 9.45. The van der Waals surface area contributed by atoms with Crippen molar-refractivity contribution in [2.24, 2.45) is 0 Å². The minimum atomic E-state index is 0.688. The highest BCUT2D eigenvalue weighted by atomic mass is 16.5. The van der Waals surface area contributed by atoms with Crippen LogP contribution < -0.4 is 14.8 Å². The van der Waals surface area contributed by atoms with E-state index in [0.717, 1.165) is 31.0 Å². The summed E-state index contributed by atoms with van der Waals surface area (Å²) in [5.74, 6) is 1.68. The van der Waals surface area contributed by atoms with Crippen LogP contribution in [0.1, 0.15) is 13.3 Å². The lowest BCUT2D eigenvalue weighted by Crippen LogP contribution is -2.21. The Morgan fingerprint density at radius 1 is 1.20 bits per heavy atom. The van der Waals surface area contributed by atoms with Crippen LogP contribution >= 0.6 is 0 Å². The second kappa shape index (κ2) is 7.12. The second-order valence-corrected chi connectivity index (χ2v) is 3.28. The van der Waals surface area contributed by atoms with E-state index in [4.69, 9.17) is 9.47 Å². The average Bonchev–Trinajstić information content (AvgIpc) is 2.29. The van der Waals surface area contributed by atoms with Gasteiger partial charge in [-0.2, -0.15) is 0 Å². The maximum absolute atomic E-state index is 5.55. The number of rotatable bonds is 7. The van der Waals surface area contributed by atoms with Crippen molar-refractivity contribution in [1.29, 1.82) is 0 Å². The fraction of sp³-hybridized carbons (Fsp3) is 0.500. The molecule has 1 aromatic carbocycles. The monoisotopic (exact) mass is 209 g/mol. The predicted molar refractivity (Wildman–Crippen MR) is 61.6 cm³/mol. The van der Waals surface area contributed by atoms with Gasteiger partial charge >= 0.3 is 0 Å². The minimum Gasteiger partial charge on any atom is -0.497 e. The molecule has 0 amide bonds. The summed E-state index contributed by atoms with van der Waals surface area (Å²) in [5, 5.41) is 3.28. The van der Waals surface area contributed by atoms with Gasteiger partial charge in [0.05, 0.1) is 7.11 Å². The van der Waals surface area contributed by atoms with Crippen molar-refractivity contribution < 1.29 is 9.47 Å². The van der Waals surface area contributed by atoms with Gasteiger partial charge in [-0.25, -0.2) is 0 Å². The molecule has 0 aliphatic carbocycles. The molecular weight excluding hydrogens is 190 g/mol. The number of hydrogen-bond donors (Lipinski definition) is 1. The van der Waals surface area contributed by atoms with E-state index in [-0.39, 0.29) is 0 Å². The largest absolute Gasteiger partial charge is 0.497 e. The van der Waals surface area contributed by atoms with E-state index in [1.54, 1.807) is 7.11 Å². The Balaban J connectivity index is 2.24. The Kier molecular flexibility index (Phi) is 5.63. The van der Waals surface area contributed by atoms with Crippen molar-refractivity contribution in [3.63, 3.8) is 0 Å². The Labute approximate surface area is 91.4 Å². The van der Waals surface area contributed by atoms with E-state index in [9.17, 15) is 0 Å². The summed E-state index contributed by atoms with van der Waals surface area (Å²) >= 11 is 0. The van der Waals surface area contributed by atoms with E-state index in [0.29, 0.717) is 6.61 Å². The van der Waals surface area contributed by atoms with Gasteiger partial charge in [0.2, 0.25) is 0 Å². The lowest BCUT2D eigenvalue weighted by molar-refractivity contribution is 0.311. The van der Waals surface area contributed by atoms with Gasteiger partial charge in [-0.15, -0.1) is 0 Å². The summed E-state index contributed by atoms with van der Waals surface area (Å²) in [5.41, 5.74) is 0. The molecular formula is C12H19NO2. The zero-order chi connectivity index (χ0) is 10.9. The van der Waals surface area contributed by atoms with Crippen molar-refractivity contribution >= 4 is 0 Å². The first-order valence-electron chi connectivity index (χ1n) is 5.34. The Hall–Kier alpha value is -1.22. The summed E-state index contributed by atoms with van der Waals surface area (Å²) < 4.78 is 10.7. The van der Waals surface area contributed by atoms with Crippen LogP contribution in [0.15, 0.2) is 24.3 Å². The lowest BCUT2D eigenvalue weighted by Gasteiger charge is -2.08. The molecule has 0 aliphatic heterocycles. The molecule has 0 heterocycles. The number of nitrogens with one attached hydrogen (secondary N) is 1. The third kappa shape index (κ3) is 4.70. The molecule has 3 nitrogen and oxygen atoms in total. The predicted octanol–water partition coefficient (Wildman–Crippen LogP) is 2.07. The van der Waals surface area contributed by atoms with Gasteiger partial charge < -0.3 is 14.8 Å². The van der Waals surface area contributed by atoms with Crippen LogP contribution in [0.3, 0.4) is 0 Å². The molecule has 84 valence electrons. The molecule has 0 radical (unpaired) electrons. The summed E-state index contributed by atoms with van der Waals surface area (Å²) in [4.78, 5) is 0. The van der Waals surface area contributed by atoms with Gasteiger partial charge in [0.1, 0.15) is 18.1 Å². The van der Waals surface area contributed by atoms with Gasteiger partial charge in [0.15, 0.2) is 0 Å². The third-order valence-corrected chi connectivity index (χ3v) is 2.02. The van der Waals surface area contributed by atoms with E-state index in [1.807, 2.05) is 24.3 Å². The molecule has 0 fully saturated rings. The van der Waals surface area contributed by atoms with Gasteiger partial charge in [0, 0.05) is 12.6 Å². The molecule has 0 unspecified atom stereocenters. The number of methoxy groups -OCH3 is 1. The van der Waals surface area contributed by atoms with Crippen LogP contribution in [0, 0.1) is 0 Å². The van der Waals surface area contributed by atoms with E-state index in [2.05, 4.69) is 12.2 Å². The first kappa shape index (κ1) is 11.9. The molecule has 0 aromatic heterocycles. The number of benzene rings is 1. The Bertz CT molecular complexity index is 276. The molecule has 0 spiro atoms. The van der Waals surface area contributed by atoms with Crippen molar-refractivity contribution in [2.45, 2.75) is 13.3 Å². The van der Waals surface area contributed by atoms with Crippen LogP contribution in [-0.4, -0.2) is 26.8 Å². The van der Waals surface area contributed by atoms with E-state index < -0.39 is 0 Å². The molecule has 0 bridgehead atoms. The van der Waals surface area contributed by atoms with Crippen molar-refractivity contribution in [1.82, 2.24) is 5.32 Å². The van der Waals surface area contributed by atoms with Crippen LogP contribution in [0.4, 0.5) is 0 Å². The zero-order valence-corrected chi connectivity index (χ0v) is 9.45. The summed E-state index contributed by atoms with van der Waals surface area (Å²) in [6.07, 6.45) is 1.15. The molecule has 0 atom stereocenters. The fourth-order valence-electron chi connectivity index (χ4n) is 1.23. The molecule has 0 saturated heterocycles. The first-order valence-corrected chi connectivity index (χ1v) is 5.34. The molecule has 0 aliphatic rings. The molecule has 1 rings (SSSR count). The van der Waals surface area contributed by atoms with Gasteiger partial charge in [0.25, 0.3) is 0 Å². The molecule has 15 heavy (non-hydrogen) atoms. The maximum Gasteiger partial charge on any atom is 0.123 e. The topological polar surface area (TPSA) is 30.5 Å². The lowest BCUT2D eigenvalue weighted by atomic mass is 10.3. The standard InChI is InChI=1S/C12H19NO2/c1-3-7-13-8-9-15-12-6-4-5-11(10-12)14-2/h4-6,10,13H,3,7-9H2,1-2H3. The highest BCUT2D eigenvalue weighted by molar-refractivity contribution is 5.32. The van der Waals surface area contributed by atoms with Crippen LogP contribution in [0.2, 0.25) is 0 Å². The normalized spacial score (nSPS) is 10.0. The molecule has 1 N–H and O–H groups in total. The highest BCUT2D eigenvalue weighted by Crippen LogP contribution is 2.18. The van der Waals surface area contributed by atoms with Crippen molar-refractivity contribution in [3.05, 3.63) is 24.3 Å². The SMILES string of the molecule is CCCNCCOc1cccc(OC)c1. The minimum absolute atomic E-state index is 0.688. The van der Waals surface area contributed by atoms with Gasteiger partial charge in [-0.1, -0.05) is 13.0 Å². The van der Waals surface area contributed by atoms with Gasteiger partial charge in [-0.05, 0) is 25.1 Å². The van der Waals surface area contributed by atoms with Crippen molar-refractivity contribution in [3.8, 4) is 11.5 Å². The van der Waals surface area contributed by atoms with Gasteiger partial charge in [-0.3, -0.25) is 0 Å². The Morgan fingerprint density at radius 3 is 2.73 bits per heavy atom.